The minimum atomic E-state index is -0.237. The summed E-state index contributed by atoms with van der Waals surface area (Å²) in [5.41, 5.74) is 1.25. The van der Waals surface area contributed by atoms with Crippen LogP contribution in [0.25, 0.3) is 22.0 Å². The molecule has 2 heterocycles. The van der Waals surface area contributed by atoms with Crippen LogP contribution < -0.4 is 5.56 Å². The van der Waals surface area contributed by atoms with Gasteiger partial charge in [-0.3, -0.25) is 4.79 Å². The number of benzene rings is 1. The summed E-state index contributed by atoms with van der Waals surface area (Å²) in [5, 5.41) is 5.30. The molecule has 0 saturated carbocycles. The van der Waals surface area contributed by atoms with Gasteiger partial charge in [-0.15, -0.1) is 0 Å². The van der Waals surface area contributed by atoms with Gasteiger partial charge in [0.1, 0.15) is 0 Å². The van der Waals surface area contributed by atoms with Crippen molar-refractivity contribution in [1.29, 1.82) is 0 Å². The first kappa shape index (κ1) is 13.4. The number of fused-ring (bicyclic) bond motifs is 1. The third-order valence-corrected chi connectivity index (χ3v) is 3.96. The first-order valence-corrected chi connectivity index (χ1v) is 7.43. The molecule has 3 aromatic rings. The molecular weight excluding hydrogens is 315 g/mol. The number of H-pyrrole nitrogens is 1. The van der Waals surface area contributed by atoms with Gasteiger partial charge in [-0.05, 0) is 46.7 Å². The van der Waals surface area contributed by atoms with Gasteiger partial charge < -0.3 is 4.98 Å². The van der Waals surface area contributed by atoms with Crippen molar-refractivity contribution in [1.82, 2.24) is 9.97 Å². The summed E-state index contributed by atoms with van der Waals surface area (Å²) in [6.07, 6.45) is 1.76. The van der Waals surface area contributed by atoms with Crippen LogP contribution in [0.1, 0.15) is 11.4 Å². The molecule has 2 aromatic heterocycles. The SMILES string of the molecule is O=c1[nH]c(/C(Cl)=C\c2ccsc2)nc2cc(Cl)ccc12. The highest BCUT2D eigenvalue weighted by molar-refractivity contribution is 7.08. The molecule has 1 aromatic carbocycles. The molecule has 0 fully saturated rings. The van der Waals surface area contributed by atoms with Crippen LogP contribution in [-0.4, -0.2) is 9.97 Å². The highest BCUT2D eigenvalue weighted by Gasteiger charge is 2.07. The third-order valence-electron chi connectivity index (χ3n) is 2.73. The maximum atomic E-state index is 12.0. The summed E-state index contributed by atoms with van der Waals surface area (Å²) in [7, 11) is 0. The van der Waals surface area contributed by atoms with Gasteiger partial charge in [0, 0.05) is 5.02 Å². The average Bonchev–Trinajstić information content (AvgIpc) is 2.90. The van der Waals surface area contributed by atoms with Crippen LogP contribution >= 0.6 is 34.5 Å². The highest BCUT2D eigenvalue weighted by Crippen LogP contribution is 2.22. The minimum absolute atomic E-state index is 0.237. The first-order valence-electron chi connectivity index (χ1n) is 5.73. The molecule has 3 rings (SSSR count). The fourth-order valence-corrected chi connectivity index (χ4v) is 2.80. The van der Waals surface area contributed by atoms with Gasteiger partial charge in [-0.25, -0.2) is 4.98 Å². The van der Waals surface area contributed by atoms with Crippen molar-refractivity contribution < 1.29 is 0 Å². The van der Waals surface area contributed by atoms with E-state index in [-0.39, 0.29) is 5.56 Å². The van der Waals surface area contributed by atoms with E-state index < -0.39 is 0 Å². The fourth-order valence-electron chi connectivity index (χ4n) is 1.80. The van der Waals surface area contributed by atoms with Gasteiger partial charge in [-0.2, -0.15) is 11.3 Å². The van der Waals surface area contributed by atoms with Crippen LogP contribution in [0, 0.1) is 0 Å². The second kappa shape index (κ2) is 5.40. The van der Waals surface area contributed by atoms with E-state index in [1.165, 1.54) is 0 Å². The summed E-state index contributed by atoms with van der Waals surface area (Å²) >= 11 is 13.7. The van der Waals surface area contributed by atoms with E-state index in [4.69, 9.17) is 23.2 Å². The predicted molar refractivity (Wildman–Crippen MR) is 85.4 cm³/mol. The predicted octanol–water partition coefficient (Wildman–Crippen LogP) is 4.37. The van der Waals surface area contributed by atoms with Crippen molar-refractivity contribution in [2.75, 3.05) is 0 Å². The molecule has 0 bridgehead atoms. The molecule has 1 N–H and O–H groups in total. The number of halogens is 2. The number of aromatic nitrogens is 2. The van der Waals surface area contributed by atoms with Gasteiger partial charge in [0.15, 0.2) is 5.82 Å². The zero-order valence-electron chi connectivity index (χ0n) is 10.1. The Kier molecular flexibility index (Phi) is 3.61. The Labute approximate surface area is 128 Å². The van der Waals surface area contributed by atoms with Crippen LogP contribution in [-0.2, 0) is 0 Å². The number of hydrogen-bond donors (Lipinski definition) is 1. The second-order valence-corrected chi connectivity index (χ2v) is 5.75. The van der Waals surface area contributed by atoms with Crippen molar-refractivity contribution >= 4 is 56.5 Å². The van der Waals surface area contributed by atoms with Crippen molar-refractivity contribution in [3.63, 3.8) is 0 Å². The van der Waals surface area contributed by atoms with E-state index in [0.29, 0.717) is 26.8 Å². The van der Waals surface area contributed by atoms with Crippen LogP contribution in [0.3, 0.4) is 0 Å². The summed E-state index contributed by atoms with van der Waals surface area (Å²) < 4.78 is 0. The molecule has 0 atom stereocenters. The molecule has 0 spiro atoms. The number of aromatic amines is 1. The number of hydrogen-bond acceptors (Lipinski definition) is 3. The lowest BCUT2D eigenvalue weighted by Gasteiger charge is -2.02. The van der Waals surface area contributed by atoms with E-state index in [2.05, 4.69) is 9.97 Å². The fraction of sp³-hybridized carbons (Fsp3) is 0. The smallest absolute Gasteiger partial charge is 0.259 e. The lowest BCUT2D eigenvalue weighted by Crippen LogP contribution is -2.10. The van der Waals surface area contributed by atoms with Gasteiger partial charge in [0.05, 0.1) is 15.9 Å². The monoisotopic (exact) mass is 322 g/mol. The average molecular weight is 323 g/mol. The second-order valence-electron chi connectivity index (χ2n) is 4.12. The molecule has 0 aliphatic rings. The summed E-state index contributed by atoms with van der Waals surface area (Å²) in [6, 6.07) is 6.88. The Morgan fingerprint density at radius 3 is 2.95 bits per heavy atom. The Balaban J connectivity index is 2.15. The van der Waals surface area contributed by atoms with Crippen molar-refractivity contribution in [2.24, 2.45) is 0 Å². The topological polar surface area (TPSA) is 45.8 Å². The quantitative estimate of drug-likeness (QED) is 0.761. The number of nitrogens with zero attached hydrogens (tertiary/aromatic N) is 1. The maximum Gasteiger partial charge on any atom is 0.259 e. The van der Waals surface area contributed by atoms with Gasteiger partial charge in [0.2, 0.25) is 0 Å². The van der Waals surface area contributed by atoms with Gasteiger partial charge in [-0.1, -0.05) is 23.2 Å². The minimum Gasteiger partial charge on any atom is -0.305 e. The van der Waals surface area contributed by atoms with E-state index in [0.717, 1.165) is 5.56 Å². The number of nitrogens with one attached hydrogen (secondary N) is 1. The molecular formula is C14H8Cl2N2OS. The Morgan fingerprint density at radius 2 is 2.20 bits per heavy atom. The summed E-state index contributed by atoms with van der Waals surface area (Å²) in [6.45, 7) is 0. The van der Waals surface area contributed by atoms with E-state index in [1.54, 1.807) is 35.6 Å². The number of rotatable bonds is 2. The number of thiophene rings is 1. The van der Waals surface area contributed by atoms with Crippen molar-refractivity contribution in [3.8, 4) is 0 Å². The van der Waals surface area contributed by atoms with Crippen LogP contribution in [0.15, 0.2) is 39.8 Å². The zero-order chi connectivity index (χ0) is 14.1. The molecule has 3 nitrogen and oxygen atoms in total. The molecule has 100 valence electrons. The largest absolute Gasteiger partial charge is 0.305 e. The Bertz CT molecular complexity index is 853. The first-order chi connectivity index (χ1) is 9.63. The maximum absolute atomic E-state index is 12.0. The van der Waals surface area contributed by atoms with Crippen LogP contribution in [0.5, 0.6) is 0 Å². The normalized spacial score (nSPS) is 12.0. The molecule has 0 aliphatic heterocycles. The lowest BCUT2D eigenvalue weighted by molar-refractivity contribution is 1.14. The van der Waals surface area contributed by atoms with E-state index in [1.807, 2.05) is 16.8 Å². The van der Waals surface area contributed by atoms with Crippen molar-refractivity contribution in [3.05, 3.63) is 61.8 Å². The molecule has 0 saturated heterocycles. The van der Waals surface area contributed by atoms with Gasteiger partial charge in [0.25, 0.3) is 5.56 Å². The molecule has 6 heteroatoms. The standard InChI is InChI=1S/C14H8Cl2N2OS/c15-9-1-2-10-12(6-9)17-13(18-14(10)19)11(16)5-8-3-4-20-7-8/h1-7H,(H,17,18,19)/b11-5+. The van der Waals surface area contributed by atoms with Crippen LogP contribution in [0.2, 0.25) is 5.02 Å². The lowest BCUT2D eigenvalue weighted by atomic mass is 10.2. The van der Waals surface area contributed by atoms with Crippen LogP contribution in [0.4, 0.5) is 0 Å². The Morgan fingerprint density at radius 1 is 1.35 bits per heavy atom. The van der Waals surface area contributed by atoms with E-state index >= 15 is 0 Å². The molecule has 0 unspecified atom stereocenters. The molecule has 0 radical (unpaired) electrons. The Hall–Kier alpha value is -1.62. The molecule has 20 heavy (non-hydrogen) atoms. The van der Waals surface area contributed by atoms with E-state index in [9.17, 15) is 4.79 Å². The van der Waals surface area contributed by atoms with Gasteiger partial charge >= 0.3 is 0 Å². The van der Waals surface area contributed by atoms with Crippen molar-refractivity contribution in [2.45, 2.75) is 0 Å². The molecule has 0 aliphatic carbocycles. The highest BCUT2D eigenvalue weighted by atomic mass is 35.5. The summed E-state index contributed by atoms with van der Waals surface area (Å²) in [4.78, 5) is 19.0. The zero-order valence-corrected chi connectivity index (χ0v) is 12.4. The summed E-state index contributed by atoms with van der Waals surface area (Å²) in [5.74, 6) is 0.331. The molecule has 0 amide bonds. The third kappa shape index (κ3) is 2.63.